The highest BCUT2D eigenvalue weighted by molar-refractivity contribution is 5.81. The van der Waals surface area contributed by atoms with Crippen molar-refractivity contribution in [3.05, 3.63) is 45.1 Å². The minimum absolute atomic E-state index is 0.0178. The van der Waals surface area contributed by atoms with Gasteiger partial charge in [0.2, 0.25) is 5.91 Å². The summed E-state index contributed by atoms with van der Waals surface area (Å²) in [6, 6.07) is 6.80. The number of hydrogen-bond acceptors (Lipinski definition) is 3. The van der Waals surface area contributed by atoms with Crippen molar-refractivity contribution in [2.45, 2.75) is 45.7 Å². The van der Waals surface area contributed by atoms with E-state index < -0.39 is 5.69 Å². The molecule has 0 unspecified atom stereocenters. The zero-order valence-corrected chi connectivity index (χ0v) is 14.2. The van der Waals surface area contributed by atoms with Gasteiger partial charge in [0.05, 0.1) is 10.9 Å². The van der Waals surface area contributed by atoms with E-state index in [0.29, 0.717) is 17.3 Å². The lowest BCUT2D eigenvalue weighted by molar-refractivity contribution is -0.130. The van der Waals surface area contributed by atoms with E-state index in [1.165, 1.54) is 9.13 Å². The van der Waals surface area contributed by atoms with Gasteiger partial charge in [-0.25, -0.2) is 4.79 Å². The minimum Gasteiger partial charge on any atom is -0.341 e. The number of hydrogen-bond donors (Lipinski definition) is 0. The fraction of sp³-hybridized carbons (Fsp3) is 0.500. The first-order valence-corrected chi connectivity index (χ1v) is 8.56. The standard InChI is InChI=1S/C18H23N3O3/c1-3-13(2)21-17(23)14-8-4-5-9-15(14)20(18(21)24)12-16(22)19-10-6-7-11-19/h4-5,8-9,13H,3,6-7,10-12H2,1-2H3/t13-/m1/s1. The predicted octanol–water partition coefficient (Wildman–Crippen LogP) is 1.76. The van der Waals surface area contributed by atoms with Gasteiger partial charge in [-0.15, -0.1) is 0 Å². The predicted molar refractivity (Wildman–Crippen MR) is 93.3 cm³/mol. The summed E-state index contributed by atoms with van der Waals surface area (Å²) >= 11 is 0. The first kappa shape index (κ1) is 16.5. The van der Waals surface area contributed by atoms with Gasteiger partial charge in [-0.2, -0.15) is 0 Å². The van der Waals surface area contributed by atoms with Crippen molar-refractivity contribution in [1.29, 1.82) is 0 Å². The van der Waals surface area contributed by atoms with E-state index in [0.717, 1.165) is 25.9 Å². The summed E-state index contributed by atoms with van der Waals surface area (Å²) in [6.45, 7) is 5.26. The zero-order chi connectivity index (χ0) is 17.3. The first-order valence-electron chi connectivity index (χ1n) is 8.56. The molecule has 0 N–H and O–H groups in total. The largest absolute Gasteiger partial charge is 0.341 e. The van der Waals surface area contributed by atoms with Crippen molar-refractivity contribution in [2.24, 2.45) is 0 Å². The molecular formula is C18H23N3O3. The number of para-hydroxylation sites is 1. The Hall–Kier alpha value is -2.37. The minimum atomic E-state index is -0.402. The van der Waals surface area contributed by atoms with Crippen LogP contribution in [0.25, 0.3) is 10.9 Å². The van der Waals surface area contributed by atoms with Gasteiger partial charge in [0.25, 0.3) is 5.56 Å². The summed E-state index contributed by atoms with van der Waals surface area (Å²) in [6.07, 6.45) is 2.69. The fourth-order valence-electron chi connectivity index (χ4n) is 3.27. The molecule has 1 amide bonds. The number of carbonyl (C=O) groups excluding carboxylic acids is 1. The molecular weight excluding hydrogens is 306 g/mol. The molecule has 0 bridgehead atoms. The molecule has 2 heterocycles. The number of likely N-dealkylation sites (tertiary alicyclic amines) is 1. The van der Waals surface area contributed by atoms with Crippen LogP contribution in [-0.4, -0.2) is 33.0 Å². The molecule has 128 valence electrons. The Kier molecular flexibility index (Phi) is 4.55. The quantitative estimate of drug-likeness (QED) is 0.858. The van der Waals surface area contributed by atoms with E-state index in [4.69, 9.17) is 0 Å². The van der Waals surface area contributed by atoms with Crippen LogP contribution in [0, 0.1) is 0 Å². The number of aromatic nitrogens is 2. The van der Waals surface area contributed by atoms with Crippen LogP contribution in [0.15, 0.2) is 33.9 Å². The molecule has 6 nitrogen and oxygen atoms in total. The fourth-order valence-corrected chi connectivity index (χ4v) is 3.27. The maximum Gasteiger partial charge on any atom is 0.332 e. The number of fused-ring (bicyclic) bond motifs is 1. The van der Waals surface area contributed by atoms with Crippen molar-refractivity contribution in [3.8, 4) is 0 Å². The van der Waals surface area contributed by atoms with Gasteiger partial charge in [0, 0.05) is 19.1 Å². The molecule has 1 fully saturated rings. The summed E-state index contributed by atoms with van der Waals surface area (Å²) in [5.74, 6) is -0.0610. The molecule has 1 aliphatic heterocycles. The summed E-state index contributed by atoms with van der Waals surface area (Å²) in [5.41, 5.74) is -0.157. The monoisotopic (exact) mass is 329 g/mol. The van der Waals surface area contributed by atoms with Crippen LogP contribution in [0.4, 0.5) is 0 Å². The molecule has 0 spiro atoms. The van der Waals surface area contributed by atoms with Crippen LogP contribution in [0.1, 0.15) is 39.2 Å². The van der Waals surface area contributed by atoms with Crippen molar-refractivity contribution >= 4 is 16.8 Å². The molecule has 6 heteroatoms. The maximum atomic E-state index is 12.9. The Morgan fingerprint density at radius 2 is 1.83 bits per heavy atom. The second-order valence-corrected chi connectivity index (χ2v) is 6.41. The average molecular weight is 329 g/mol. The third kappa shape index (κ3) is 2.77. The second kappa shape index (κ2) is 6.63. The van der Waals surface area contributed by atoms with E-state index in [1.54, 1.807) is 29.2 Å². The van der Waals surface area contributed by atoms with Crippen LogP contribution in [0.3, 0.4) is 0 Å². The lowest BCUT2D eigenvalue weighted by Crippen LogP contribution is -2.44. The molecule has 1 saturated heterocycles. The Bertz CT molecular complexity index is 875. The Morgan fingerprint density at radius 1 is 1.17 bits per heavy atom. The van der Waals surface area contributed by atoms with Crippen LogP contribution in [0.5, 0.6) is 0 Å². The summed E-state index contributed by atoms with van der Waals surface area (Å²) in [5, 5.41) is 0.478. The van der Waals surface area contributed by atoms with E-state index in [1.807, 2.05) is 13.8 Å². The Balaban J connectivity index is 2.16. The van der Waals surface area contributed by atoms with Crippen molar-refractivity contribution in [2.75, 3.05) is 13.1 Å². The number of amides is 1. The van der Waals surface area contributed by atoms with Crippen LogP contribution in [-0.2, 0) is 11.3 Å². The SMILES string of the molecule is CC[C@@H](C)n1c(=O)c2ccccc2n(CC(=O)N2CCCC2)c1=O. The van der Waals surface area contributed by atoms with Crippen molar-refractivity contribution in [3.63, 3.8) is 0 Å². The third-order valence-electron chi connectivity index (χ3n) is 4.86. The lowest BCUT2D eigenvalue weighted by atomic mass is 10.2. The van der Waals surface area contributed by atoms with Gasteiger partial charge in [-0.3, -0.25) is 18.7 Å². The summed E-state index contributed by atoms with van der Waals surface area (Å²) < 4.78 is 2.73. The van der Waals surface area contributed by atoms with Gasteiger partial charge < -0.3 is 4.90 Å². The van der Waals surface area contributed by atoms with Gasteiger partial charge in [-0.1, -0.05) is 19.1 Å². The Morgan fingerprint density at radius 3 is 2.50 bits per heavy atom. The number of carbonyl (C=O) groups is 1. The molecule has 1 atom stereocenters. The second-order valence-electron chi connectivity index (χ2n) is 6.41. The molecule has 0 saturated carbocycles. The lowest BCUT2D eigenvalue weighted by Gasteiger charge is -2.20. The zero-order valence-electron chi connectivity index (χ0n) is 14.2. The van der Waals surface area contributed by atoms with Crippen molar-refractivity contribution in [1.82, 2.24) is 14.0 Å². The molecule has 3 rings (SSSR count). The van der Waals surface area contributed by atoms with E-state index >= 15 is 0 Å². The van der Waals surface area contributed by atoms with E-state index in [-0.39, 0.29) is 24.1 Å². The van der Waals surface area contributed by atoms with Crippen LogP contribution >= 0.6 is 0 Å². The van der Waals surface area contributed by atoms with E-state index in [9.17, 15) is 14.4 Å². The number of rotatable bonds is 4. The Labute approximate surface area is 140 Å². The van der Waals surface area contributed by atoms with Crippen LogP contribution in [0.2, 0.25) is 0 Å². The number of benzene rings is 1. The highest BCUT2D eigenvalue weighted by atomic mass is 16.2. The van der Waals surface area contributed by atoms with Gasteiger partial charge >= 0.3 is 5.69 Å². The van der Waals surface area contributed by atoms with Crippen LogP contribution < -0.4 is 11.2 Å². The summed E-state index contributed by atoms with van der Waals surface area (Å²) in [7, 11) is 0. The maximum absolute atomic E-state index is 12.9. The first-order chi connectivity index (χ1) is 11.5. The highest BCUT2D eigenvalue weighted by Crippen LogP contribution is 2.13. The molecule has 24 heavy (non-hydrogen) atoms. The average Bonchev–Trinajstić information content (AvgIpc) is 3.13. The highest BCUT2D eigenvalue weighted by Gasteiger charge is 2.22. The number of nitrogens with zero attached hydrogens (tertiary/aromatic N) is 3. The van der Waals surface area contributed by atoms with Crippen molar-refractivity contribution < 1.29 is 4.79 Å². The van der Waals surface area contributed by atoms with Gasteiger partial charge in [-0.05, 0) is 38.3 Å². The molecule has 0 radical (unpaired) electrons. The summed E-state index contributed by atoms with van der Waals surface area (Å²) in [4.78, 5) is 39.9. The smallest absolute Gasteiger partial charge is 0.332 e. The molecule has 2 aromatic rings. The topological polar surface area (TPSA) is 64.3 Å². The van der Waals surface area contributed by atoms with Gasteiger partial charge in [0.15, 0.2) is 0 Å². The third-order valence-corrected chi connectivity index (χ3v) is 4.86. The van der Waals surface area contributed by atoms with Gasteiger partial charge in [0.1, 0.15) is 6.54 Å². The molecule has 0 aliphatic carbocycles. The normalized spacial score (nSPS) is 15.8. The molecule has 1 aromatic carbocycles. The van der Waals surface area contributed by atoms with E-state index in [2.05, 4.69) is 0 Å². The molecule has 1 aromatic heterocycles. The molecule has 1 aliphatic rings.